The van der Waals surface area contributed by atoms with Gasteiger partial charge in [-0.25, -0.2) is 0 Å². The number of nitrogens with one attached hydrogen (secondary N) is 3. The fourth-order valence-electron chi connectivity index (χ4n) is 4.76. The minimum atomic E-state index is -0.0274. The molecule has 2 aliphatic rings. The number of hydrogen-bond acceptors (Lipinski definition) is 4. The number of halogens is 1. The first-order valence-corrected chi connectivity index (χ1v) is 12.3. The van der Waals surface area contributed by atoms with E-state index in [9.17, 15) is 0 Å². The Hall–Kier alpha value is -0.900. The highest BCUT2D eigenvalue weighted by Crippen LogP contribution is 2.26. The highest BCUT2D eigenvalue weighted by atomic mass is 127. The highest BCUT2D eigenvalue weighted by molar-refractivity contribution is 14.0. The van der Waals surface area contributed by atoms with Gasteiger partial charge in [-0.1, -0.05) is 37.3 Å². The van der Waals surface area contributed by atoms with Crippen molar-refractivity contribution in [1.82, 2.24) is 20.9 Å². The third kappa shape index (κ3) is 8.47. The number of rotatable bonds is 9. The van der Waals surface area contributed by atoms with Gasteiger partial charge in [0.15, 0.2) is 5.96 Å². The molecule has 0 aromatic heterocycles. The van der Waals surface area contributed by atoms with E-state index in [0.29, 0.717) is 6.04 Å². The molecular formula is C25H44IN5O. The van der Waals surface area contributed by atoms with E-state index in [4.69, 9.17) is 9.73 Å². The molecule has 32 heavy (non-hydrogen) atoms. The lowest BCUT2D eigenvalue weighted by molar-refractivity contribution is 0.0374. The number of piperidine rings is 1. The van der Waals surface area contributed by atoms with Crippen LogP contribution >= 0.6 is 24.0 Å². The van der Waals surface area contributed by atoms with Crippen molar-refractivity contribution in [3.63, 3.8) is 0 Å². The highest BCUT2D eigenvalue weighted by Gasteiger charge is 2.34. The van der Waals surface area contributed by atoms with Crippen LogP contribution in [0.15, 0.2) is 35.3 Å². The van der Waals surface area contributed by atoms with E-state index in [0.717, 1.165) is 45.1 Å². The van der Waals surface area contributed by atoms with E-state index < -0.39 is 0 Å². The third-order valence-electron chi connectivity index (χ3n) is 6.62. The van der Waals surface area contributed by atoms with Crippen LogP contribution in [0.5, 0.6) is 0 Å². The summed E-state index contributed by atoms with van der Waals surface area (Å²) >= 11 is 0. The number of likely N-dealkylation sites (tertiary alicyclic amines) is 1. The van der Waals surface area contributed by atoms with Crippen molar-refractivity contribution in [2.24, 2.45) is 4.99 Å². The van der Waals surface area contributed by atoms with Gasteiger partial charge in [-0.3, -0.25) is 4.99 Å². The molecule has 0 bridgehead atoms. The first-order valence-electron chi connectivity index (χ1n) is 12.3. The Morgan fingerprint density at radius 2 is 1.84 bits per heavy atom. The van der Waals surface area contributed by atoms with Gasteiger partial charge in [-0.15, -0.1) is 24.0 Å². The third-order valence-corrected chi connectivity index (χ3v) is 6.62. The zero-order valence-electron chi connectivity index (χ0n) is 20.2. The summed E-state index contributed by atoms with van der Waals surface area (Å²) < 4.78 is 5.69. The van der Waals surface area contributed by atoms with E-state index in [1.165, 1.54) is 44.5 Å². The molecule has 2 saturated heterocycles. The van der Waals surface area contributed by atoms with Gasteiger partial charge >= 0.3 is 0 Å². The summed E-state index contributed by atoms with van der Waals surface area (Å²) in [7, 11) is 0. The van der Waals surface area contributed by atoms with Crippen LogP contribution in [-0.2, 0) is 4.74 Å². The van der Waals surface area contributed by atoms with Crippen molar-refractivity contribution in [2.45, 2.75) is 70.5 Å². The Morgan fingerprint density at radius 1 is 1.16 bits per heavy atom. The van der Waals surface area contributed by atoms with E-state index >= 15 is 0 Å². The van der Waals surface area contributed by atoms with Crippen LogP contribution in [0.25, 0.3) is 0 Å². The predicted molar refractivity (Wildman–Crippen MR) is 145 cm³/mol. The van der Waals surface area contributed by atoms with Gasteiger partial charge < -0.3 is 25.6 Å². The van der Waals surface area contributed by atoms with Crippen LogP contribution in [0.2, 0.25) is 0 Å². The Morgan fingerprint density at radius 3 is 2.47 bits per heavy atom. The molecule has 2 fully saturated rings. The predicted octanol–water partition coefficient (Wildman–Crippen LogP) is 3.93. The van der Waals surface area contributed by atoms with Crippen molar-refractivity contribution in [2.75, 3.05) is 45.9 Å². The van der Waals surface area contributed by atoms with Crippen LogP contribution in [0, 0.1) is 0 Å². The first-order chi connectivity index (χ1) is 15.1. The molecule has 3 rings (SSSR count). The van der Waals surface area contributed by atoms with E-state index in [-0.39, 0.29) is 35.6 Å². The monoisotopic (exact) mass is 557 g/mol. The molecule has 0 spiro atoms. The molecule has 0 saturated carbocycles. The van der Waals surface area contributed by atoms with Gasteiger partial charge in [0.2, 0.25) is 0 Å². The average Bonchev–Trinajstić information content (AvgIpc) is 2.80. The number of aliphatic imine (C=N–C) groups is 1. The molecule has 2 heterocycles. The lowest BCUT2D eigenvalue weighted by Crippen LogP contribution is -2.54. The summed E-state index contributed by atoms with van der Waals surface area (Å²) in [6.07, 6.45) is 5.59. The maximum absolute atomic E-state index is 5.69. The van der Waals surface area contributed by atoms with Crippen LogP contribution in [0.1, 0.15) is 64.5 Å². The topological polar surface area (TPSA) is 60.9 Å². The quantitative estimate of drug-likeness (QED) is 0.244. The molecule has 6 nitrogen and oxygen atoms in total. The van der Waals surface area contributed by atoms with Gasteiger partial charge in [-0.2, -0.15) is 0 Å². The second kappa shape index (κ2) is 14.4. The van der Waals surface area contributed by atoms with Gasteiger partial charge in [0.25, 0.3) is 0 Å². The maximum atomic E-state index is 5.69. The number of hydrogen-bond donors (Lipinski definition) is 3. The smallest absolute Gasteiger partial charge is 0.191 e. The average molecular weight is 558 g/mol. The van der Waals surface area contributed by atoms with Gasteiger partial charge in [-0.05, 0) is 58.1 Å². The number of ether oxygens (including phenoxy) is 1. The van der Waals surface area contributed by atoms with E-state index in [1.54, 1.807) is 0 Å². The zero-order chi connectivity index (χ0) is 21.9. The molecule has 0 radical (unpaired) electrons. The zero-order valence-corrected chi connectivity index (χ0v) is 22.6. The minimum Gasteiger partial charge on any atom is -0.381 e. The van der Waals surface area contributed by atoms with E-state index in [2.05, 4.69) is 72.0 Å². The minimum absolute atomic E-state index is 0. The molecule has 3 N–H and O–H groups in total. The van der Waals surface area contributed by atoms with Crippen molar-refractivity contribution >= 4 is 29.9 Å². The SMILES string of the molecule is CCCN1CCC(NC(=NCC2(NC(C)c3ccccc3)CCOCC2)NCC)CC1.I. The summed E-state index contributed by atoms with van der Waals surface area (Å²) in [6.45, 7) is 13.5. The summed E-state index contributed by atoms with van der Waals surface area (Å²) in [4.78, 5) is 7.65. The second-order valence-electron chi connectivity index (χ2n) is 9.12. The van der Waals surface area contributed by atoms with Crippen LogP contribution < -0.4 is 16.0 Å². The number of guanidine groups is 1. The van der Waals surface area contributed by atoms with Crippen molar-refractivity contribution < 1.29 is 4.74 Å². The van der Waals surface area contributed by atoms with Crippen molar-refractivity contribution in [1.29, 1.82) is 0 Å². The second-order valence-corrected chi connectivity index (χ2v) is 9.12. The lowest BCUT2D eigenvalue weighted by Gasteiger charge is -2.39. The Balaban J connectivity index is 0.00000363. The fourth-order valence-corrected chi connectivity index (χ4v) is 4.76. The van der Waals surface area contributed by atoms with Crippen molar-refractivity contribution in [3.8, 4) is 0 Å². The molecule has 0 amide bonds. The first kappa shape index (κ1) is 27.3. The molecule has 1 atom stereocenters. The Kier molecular flexibility index (Phi) is 12.3. The summed E-state index contributed by atoms with van der Waals surface area (Å²) in [6, 6.07) is 11.5. The number of benzene rings is 1. The summed E-state index contributed by atoms with van der Waals surface area (Å²) in [5.41, 5.74) is 1.29. The van der Waals surface area contributed by atoms with Gasteiger partial charge in [0.05, 0.1) is 6.54 Å². The van der Waals surface area contributed by atoms with Crippen LogP contribution in [0.4, 0.5) is 0 Å². The van der Waals surface area contributed by atoms with E-state index in [1.807, 2.05) is 0 Å². The Bertz CT molecular complexity index is 658. The number of nitrogens with zero attached hydrogens (tertiary/aromatic N) is 2. The largest absolute Gasteiger partial charge is 0.381 e. The molecule has 1 aromatic rings. The van der Waals surface area contributed by atoms with Crippen LogP contribution in [-0.4, -0.2) is 68.4 Å². The summed E-state index contributed by atoms with van der Waals surface area (Å²) in [5.74, 6) is 0.955. The molecule has 0 aliphatic carbocycles. The molecule has 182 valence electrons. The molecule has 7 heteroatoms. The maximum Gasteiger partial charge on any atom is 0.191 e. The lowest BCUT2D eigenvalue weighted by atomic mass is 9.88. The van der Waals surface area contributed by atoms with Gasteiger partial charge in [0.1, 0.15) is 0 Å². The molecular weight excluding hydrogens is 513 g/mol. The van der Waals surface area contributed by atoms with Crippen LogP contribution in [0.3, 0.4) is 0 Å². The van der Waals surface area contributed by atoms with Gasteiger partial charge in [0, 0.05) is 50.5 Å². The normalized spacial score (nSPS) is 20.9. The molecule has 1 aromatic carbocycles. The summed E-state index contributed by atoms with van der Waals surface area (Å²) in [5, 5.41) is 11.1. The Labute approximate surface area is 212 Å². The molecule has 1 unspecified atom stereocenters. The fraction of sp³-hybridized carbons (Fsp3) is 0.720. The standard InChI is InChI=1S/C25H43N5O.HI/c1-4-15-30-16-11-23(12-17-30)28-24(26-5-2)27-20-25(13-18-31-19-14-25)29-21(3)22-9-7-6-8-10-22;/h6-10,21,23,29H,4-5,11-20H2,1-3H3,(H2,26,27,28);1H. The molecule has 2 aliphatic heterocycles. The van der Waals surface area contributed by atoms with Crippen molar-refractivity contribution in [3.05, 3.63) is 35.9 Å².